The predicted molar refractivity (Wildman–Crippen MR) is 92.6 cm³/mol. The van der Waals surface area contributed by atoms with Crippen LogP contribution in [-0.2, 0) is 11.3 Å². The Morgan fingerprint density at radius 3 is 2.77 bits per heavy atom. The van der Waals surface area contributed by atoms with Crippen LogP contribution in [0.15, 0.2) is 24.3 Å². The van der Waals surface area contributed by atoms with Crippen molar-refractivity contribution < 1.29 is 14.3 Å². The summed E-state index contributed by atoms with van der Waals surface area (Å²) in [6.45, 7) is 2.98. The largest absolute Gasteiger partial charge is 0.483 e. The number of primary amides is 1. The molecule has 2 amide bonds. The summed E-state index contributed by atoms with van der Waals surface area (Å²) >= 11 is 0. The highest BCUT2D eigenvalue weighted by molar-refractivity contribution is 5.95. The molecule has 2 aliphatic rings. The fraction of sp³-hybridized carbons (Fsp3) is 0.444. The minimum Gasteiger partial charge on any atom is -0.483 e. The highest BCUT2D eigenvalue weighted by atomic mass is 16.5. The van der Waals surface area contributed by atoms with E-state index in [1.165, 1.54) is 0 Å². The first-order chi connectivity index (χ1) is 12.5. The average molecular weight is 355 g/mol. The van der Waals surface area contributed by atoms with E-state index in [2.05, 4.69) is 10.1 Å². The van der Waals surface area contributed by atoms with Crippen molar-refractivity contribution in [3.05, 3.63) is 41.5 Å². The maximum Gasteiger partial charge on any atom is 0.261 e. The van der Waals surface area contributed by atoms with E-state index in [9.17, 15) is 9.59 Å². The van der Waals surface area contributed by atoms with Gasteiger partial charge >= 0.3 is 0 Å². The summed E-state index contributed by atoms with van der Waals surface area (Å²) in [5.41, 5.74) is 5.60. The van der Waals surface area contributed by atoms with Crippen molar-refractivity contribution in [1.82, 2.24) is 19.7 Å². The normalized spacial score (nSPS) is 19.1. The summed E-state index contributed by atoms with van der Waals surface area (Å²) < 4.78 is 7.48. The summed E-state index contributed by atoms with van der Waals surface area (Å²) in [5.74, 6) is 1.78. The van der Waals surface area contributed by atoms with E-state index in [4.69, 9.17) is 10.5 Å². The van der Waals surface area contributed by atoms with Gasteiger partial charge in [-0.15, -0.1) is 0 Å². The Morgan fingerprint density at radius 2 is 2.04 bits per heavy atom. The lowest BCUT2D eigenvalue weighted by Crippen LogP contribution is -2.43. The molecule has 4 rings (SSSR count). The lowest BCUT2D eigenvalue weighted by Gasteiger charge is -2.32. The Kier molecular flexibility index (Phi) is 4.10. The minimum absolute atomic E-state index is 0.154. The smallest absolute Gasteiger partial charge is 0.261 e. The summed E-state index contributed by atoms with van der Waals surface area (Å²) in [4.78, 5) is 30.5. The molecule has 1 aliphatic carbocycles. The molecule has 136 valence electrons. The molecule has 1 fully saturated rings. The second-order valence-electron chi connectivity index (χ2n) is 6.74. The number of nitrogens with zero attached hydrogens (tertiary/aromatic N) is 4. The molecule has 8 heteroatoms. The number of carbonyl (C=O) groups is 2. The van der Waals surface area contributed by atoms with Crippen LogP contribution < -0.4 is 10.5 Å². The summed E-state index contributed by atoms with van der Waals surface area (Å²) in [7, 11) is 0. The van der Waals surface area contributed by atoms with Crippen LogP contribution in [0.5, 0.6) is 5.75 Å². The molecule has 0 spiro atoms. The molecule has 0 saturated heterocycles. The van der Waals surface area contributed by atoms with Gasteiger partial charge in [-0.25, -0.2) is 9.67 Å². The molecule has 1 saturated carbocycles. The van der Waals surface area contributed by atoms with E-state index in [-0.39, 0.29) is 24.1 Å². The number of para-hydroxylation sites is 1. The fourth-order valence-corrected chi connectivity index (χ4v) is 3.26. The van der Waals surface area contributed by atoms with E-state index in [1.807, 2.05) is 11.6 Å². The number of benzene rings is 1. The van der Waals surface area contributed by atoms with Gasteiger partial charge in [-0.1, -0.05) is 12.1 Å². The van der Waals surface area contributed by atoms with Crippen molar-refractivity contribution in [2.45, 2.75) is 38.3 Å². The van der Waals surface area contributed by atoms with Gasteiger partial charge in [0, 0.05) is 12.5 Å². The number of hydrogen-bond donors (Lipinski definition) is 1. The Morgan fingerprint density at radius 1 is 1.27 bits per heavy atom. The van der Waals surface area contributed by atoms with Crippen LogP contribution in [0.4, 0.5) is 0 Å². The van der Waals surface area contributed by atoms with Gasteiger partial charge < -0.3 is 15.4 Å². The van der Waals surface area contributed by atoms with Gasteiger partial charge in [0.15, 0.2) is 12.4 Å². The van der Waals surface area contributed by atoms with Crippen molar-refractivity contribution in [2.24, 2.45) is 5.73 Å². The number of ether oxygens (including phenoxy) is 1. The zero-order valence-electron chi connectivity index (χ0n) is 14.6. The molecular formula is C18H21N5O3. The van der Waals surface area contributed by atoms with E-state index < -0.39 is 5.91 Å². The van der Waals surface area contributed by atoms with Gasteiger partial charge in [0.25, 0.3) is 11.8 Å². The standard InChI is InChI=1S/C18H21N5O3/c1-11-18-20-17(12-6-7-12)21-23(18)9-8-22(11)15(24)10-26-14-5-3-2-4-13(14)16(19)25/h2-5,11-12H,6-10H2,1H3,(H2,19,25)/t11-/m1/s1. The molecule has 1 atom stereocenters. The minimum atomic E-state index is -0.583. The fourth-order valence-electron chi connectivity index (χ4n) is 3.26. The van der Waals surface area contributed by atoms with Crippen molar-refractivity contribution in [3.8, 4) is 5.75 Å². The van der Waals surface area contributed by atoms with Gasteiger partial charge in [-0.3, -0.25) is 9.59 Å². The first-order valence-corrected chi connectivity index (χ1v) is 8.80. The van der Waals surface area contributed by atoms with Crippen molar-refractivity contribution in [1.29, 1.82) is 0 Å². The van der Waals surface area contributed by atoms with Crippen LogP contribution in [0.2, 0.25) is 0 Å². The van der Waals surface area contributed by atoms with Gasteiger partial charge in [-0.2, -0.15) is 5.10 Å². The van der Waals surface area contributed by atoms with Crippen molar-refractivity contribution in [3.63, 3.8) is 0 Å². The molecule has 2 aromatic rings. The number of nitrogens with two attached hydrogens (primary N) is 1. The summed E-state index contributed by atoms with van der Waals surface area (Å²) in [6.07, 6.45) is 2.29. The van der Waals surface area contributed by atoms with E-state index in [1.54, 1.807) is 29.2 Å². The van der Waals surface area contributed by atoms with Crippen LogP contribution >= 0.6 is 0 Å². The van der Waals surface area contributed by atoms with Crippen LogP contribution in [-0.4, -0.2) is 44.6 Å². The first-order valence-electron chi connectivity index (χ1n) is 8.80. The van der Waals surface area contributed by atoms with Gasteiger partial charge in [0.1, 0.15) is 11.6 Å². The Balaban J connectivity index is 1.44. The number of hydrogen-bond acceptors (Lipinski definition) is 5. The molecule has 1 aromatic carbocycles. The zero-order valence-corrected chi connectivity index (χ0v) is 14.6. The lowest BCUT2D eigenvalue weighted by atomic mass is 10.2. The third-order valence-corrected chi connectivity index (χ3v) is 4.88. The molecule has 0 bridgehead atoms. The molecular weight excluding hydrogens is 334 g/mol. The Labute approximate surface area is 150 Å². The number of fused-ring (bicyclic) bond motifs is 1. The Hall–Kier alpha value is -2.90. The number of aromatic nitrogens is 3. The average Bonchev–Trinajstić information content (AvgIpc) is 3.39. The molecule has 1 aromatic heterocycles. The second-order valence-corrected chi connectivity index (χ2v) is 6.74. The topological polar surface area (TPSA) is 103 Å². The quantitative estimate of drug-likeness (QED) is 0.869. The Bertz CT molecular complexity index is 858. The lowest BCUT2D eigenvalue weighted by molar-refractivity contribution is -0.136. The van der Waals surface area contributed by atoms with Crippen LogP contribution in [0.25, 0.3) is 0 Å². The van der Waals surface area contributed by atoms with Crippen molar-refractivity contribution >= 4 is 11.8 Å². The third-order valence-electron chi connectivity index (χ3n) is 4.88. The molecule has 2 N–H and O–H groups in total. The van der Waals surface area contributed by atoms with E-state index in [0.717, 1.165) is 24.5 Å². The molecule has 8 nitrogen and oxygen atoms in total. The molecule has 0 unspecified atom stereocenters. The summed E-state index contributed by atoms with van der Waals surface area (Å²) in [6, 6.07) is 6.48. The number of carbonyl (C=O) groups excluding carboxylic acids is 2. The monoisotopic (exact) mass is 355 g/mol. The molecule has 0 radical (unpaired) electrons. The summed E-state index contributed by atoms with van der Waals surface area (Å²) in [5, 5.41) is 4.57. The number of rotatable bonds is 5. The van der Waals surface area contributed by atoms with E-state index >= 15 is 0 Å². The molecule has 1 aliphatic heterocycles. The van der Waals surface area contributed by atoms with Gasteiger partial charge in [0.05, 0.1) is 18.2 Å². The first kappa shape index (κ1) is 16.6. The van der Waals surface area contributed by atoms with Crippen LogP contribution in [0, 0.1) is 0 Å². The third kappa shape index (κ3) is 3.02. The molecule has 2 heterocycles. The number of amides is 2. The molecule has 26 heavy (non-hydrogen) atoms. The highest BCUT2D eigenvalue weighted by Crippen LogP contribution is 2.39. The maximum atomic E-state index is 12.7. The SMILES string of the molecule is C[C@@H]1c2nc(C3CC3)nn2CCN1C(=O)COc1ccccc1C(N)=O. The highest BCUT2D eigenvalue weighted by Gasteiger charge is 2.34. The zero-order chi connectivity index (χ0) is 18.3. The van der Waals surface area contributed by atoms with Gasteiger partial charge in [0.2, 0.25) is 0 Å². The maximum absolute atomic E-state index is 12.7. The van der Waals surface area contributed by atoms with Gasteiger partial charge in [-0.05, 0) is 31.9 Å². The predicted octanol–water partition coefficient (Wildman–Crippen LogP) is 1.24. The van der Waals surface area contributed by atoms with Crippen LogP contribution in [0.3, 0.4) is 0 Å². The van der Waals surface area contributed by atoms with Crippen LogP contribution in [0.1, 0.15) is 53.7 Å². The second kappa shape index (κ2) is 6.44. The van der Waals surface area contributed by atoms with Crippen molar-refractivity contribution in [2.75, 3.05) is 13.2 Å². The van der Waals surface area contributed by atoms with E-state index in [0.29, 0.717) is 24.8 Å².